The van der Waals surface area contributed by atoms with Crippen LogP contribution < -0.4 is 15.0 Å². The summed E-state index contributed by atoms with van der Waals surface area (Å²) in [5, 5.41) is 12.1. The highest BCUT2D eigenvalue weighted by atomic mass is 19.3. The molecule has 2 N–H and O–H groups in total. The van der Waals surface area contributed by atoms with Gasteiger partial charge >= 0.3 is 5.97 Å². The Hall–Kier alpha value is -2.45. The van der Waals surface area contributed by atoms with Gasteiger partial charge in [0.25, 0.3) is 11.8 Å². The van der Waals surface area contributed by atoms with Gasteiger partial charge < -0.3 is 20.1 Å². The monoisotopic (exact) mass is 411 g/mol. The van der Waals surface area contributed by atoms with Crippen molar-refractivity contribution >= 4 is 17.6 Å². The number of carboxylic acids is 1. The van der Waals surface area contributed by atoms with Crippen LogP contribution in [0, 0.1) is 11.8 Å². The second-order valence-electron chi connectivity index (χ2n) is 8.68. The summed E-state index contributed by atoms with van der Waals surface area (Å²) in [6, 6.07) is 2.93. The van der Waals surface area contributed by atoms with Crippen LogP contribution in [-0.2, 0) is 4.79 Å². The number of aliphatic carboxylic acids is 1. The topological polar surface area (TPSA) is 91.8 Å². The van der Waals surface area contributed by atoms with Gasteiger partial charge in [-0.3, -0.25) is 4.79 Å². The molecule has 1 aliphatic carbocycles. The summed E-state index contributed by atoms with van der Waals surface area (Å²) < 4.78 is 32.3. The van der Waals surface area contributed by atoms with Gasteiger partial charge in [-0.05, 0) is 50.2 Å². The molecule has 1 saturated heterocycles. The minimum atomic E-state index is -2.75. The molecule has 7 nitrogen and oxygen atoms in total. The number of carbonyl (C=O) groups excluding carboxylic acids is 1. The van der Waals surface area contributed by atoms with Crippen molar-refractivity contribution in [3.63, 3.8) is 0 Å². The Labute approximate surface area is 168 Å². The van der Waals surface area contributed by atoms with E-state index in [4.69, 9.17) is 4.74 Å². The number of pyridine rings is 1. The fourth-order valence-corrected chi connectivity index (χ4v) is 3.39. The first-order valence-electron chi connectivity index (χ1n) is 9.81. The molecule has 2 aliphatic rings. The van der Waals surface area contributed by atoms with E-state index in [1.54, 1.807) is 0 Å². The van der Waals surface area contributed by atoms with Crippen LogP contribution in [0.4, 0.5) is 14.5 Å². The number of hydrogen-bond acceptors (Lipinski definition) is 5. The summed E-state index contributed by atoms with van der Waals surface area (Å²) in [5.41, 5.74) is -1.04. The third-order valence-corrected chi connectivity index (χ3v) is 5.09. The normalized spacial score (nSPS) is 20.0. The molecule has 29 heavy (non-hydrogen) atoms. The van der Waals surface area contributed by atoms with E-state index in [9.17, 15) is 23.5 Å². The van der Waals surface area contributed by atoms with Crippen LogP contribution in [0.5, 0.6) is 5.88 Å². The van der Waals surface area contributed by atoms with Crippen molar-refractivity contribution in [3.05, 3.63) is 17.8 Å². The summed E-state index contributed by atoms with van der Waals surface area (Å²) in [5.74, 6) is -3.93. The fourth-order valence-electron chi connectivity index (χ4n) is 3.39. The van der Waals surface area contributed by atoms with Crippen molar-refractivity contribution in [1.29, 1.82) is 0 Å². The predicted molar refractivity (Wildman–Crippen MR) is 103 cm³/mol. The van der Waals surface area contributed by atoms with E-state index >= 15 is 0 Å². The number of carboxylic acid groups (broad SMARTS) is 1. The summed E-state index contributed by atoms with van der Waals surface area (Å²) in [7, 11) is 0. The molecular weight excluding hydrogens is 384 g/mol. The van der Waals surface area contributed by atoms with Crippen LogP contribution in [0.15, 0.2) is 12.1 Å². The molecule has 1 aromatic rings. The van der Waals surface area contributed by atoms with Gasteiger partial charge in [-0.25, -0.2) is 18.6 Å². The summed E-state index contributed by atoms with van der Waals surface area (Å²) >= 11 is 0. The third kappa shape index (κ3) is 5.13. The number of alkyl halides is 2. The second kappa shape index (κ2) is 7.76. The first-order valence-corrected chi connectivity index (χ1v) is 9.81. The van der Waals surface area contributed by atoms with E-state index in [0.29, 0.717) is 18.2 Å². The van der Waals surface area contributed by atoms with Crippen molar-refractivity contribution in [1.82, 2.24) is 10.3 Å². The van der Waals surface area contributed by atoms with E-state index < -0.39 is 36.4 Å². The number of carbonyl (C=O) groups is 2. The number of halogens is 2. The quantitative estimate of drug-likeness (QED) is 0.649. The minimum absolute atomic E-state index is 0.0111. The number of amides is 1. The van der Waals surface area contributed by atoms with Crippen molar-refractivity contribution < 1.29 is 28.2 Å². The SMILES string of the molecule is CC(C)C[C@@](C)(NC(=O)c1ccc(N2CC(F)(F)C2)c(OCC2CC2)n1)C(=O)O. The lowest BCUT2D eigenvalue weighted by atomic mass is 9.90. The zero-order chi connectivity index (χ0) is 21.4. The number of anilines is 1. The number of aromatic nitrogens is 1. The van der Waals surface area contributed by atoms with Gasteiger partial charge in [-0.2, -0.15) is 0 Å². The molecule has 0 aromatic carbocycles. The summed E-state index contributed by atoms with van der Waals surface area (Å²) in [4.78, 5) is 30.1. The molecule has 1 atom stereocenters. The summed E-state index contributed by atoms with van der Waals surface area (Å²) in [6.07, 6.45) is 2.34. The molecule has 0 unspecified atom stereocenters. The van der Waals surface area contributed by atoms with E-state index in [-0.39, 0.29) is 23.9 Å². The third-order valence-electron chi connectivity index (χ3n) is 5.09. The minimum Gasteiger partial charge on any atom is -0.480 e. The molecule has 2 fully saturated rings. The second-order valence-corrected chi connectivity index (χ2v) is 8.68. The highest BCUT2D eigenvalue weighted by molar-refractivity contribution is 5.96. The lowest BCUT2D eigenvalue weighted by molar-refractivity contribution is -0.144. The average Bonchev–Trinajstić information content (AvgIpc) is 3.41. The van der Waals surface area contributed by atoms with Gasteiger partial charge in [0.1, 0.15) is 16.9 Å². The van der Waals surface area contributed by atoms with Gasteiger partial charge in [-0.15, -0.1) is 0 Å². The molecule has 160 valence electrons. The molecule has 9 heteroatoms. The van der Waals surface area contributed by atoms with Crippen LogP contribution in [0.1, 0.15) is 50.5 Å². The molecule has 0 spiro atoms. The Morgan fingerprint density at radius 2 is 2.03 bits per heavy atom. The smallest absolute Gasteiger partial charge is 0.329 e. The van der Waals surface area contributed by atoms with Gasteiger partial charge in [0, 0.05) is 0 Å². The lowest BCUT2D eigenvalue weighted by Crippen LogP contribution is -2.56. The lowest BCUT2D eigenvalue weighted by Gasteiger charge is -2.40. The van der Waals surface area contributed by atoms with Crippen LogP contribution in [0.25, 0.3) is 0 Å². The predicted octanol–water partition coefficient (Wildman–Crippen LogP) is 2.94. The molecule has 3 rings (SSSR count). The van der Waals surface area contributed by atoms with Crippen molar-refractivity contribution in [2.45, 2.75) is 51.5 Å². The Kier molecular flexibility index (Phi) is 5.69. The molecule has 1 amide bonds. The molecule has 0 bridgehead atoms. The molecule has 2 heterocycles. The Balaban J connectivity index is 1.79. The number of nitrogens with zero attached hydrogens (tertiary/aromatic N) is 2. The maximum absolute atomic E-state index is 13.3. The fraction of sp³-hybridized carbons (Fsp3) is 0.650. The van der Waals surface area contributed by atoms with E-state index in [1.165, 1.54) is 24.0 Å². The van der Waals surface area contributed by atoms with Gasteiger partial charge in [0.15, 0.2) is 0 Å². The number of rotatable bonds is 9. The number of ether oxygens (including phenoxy) is 1. The van der Waals surface area contributed by atoms with Crippen LogP contribution in [0.2, 0.25) is 0 Å². The highest BCUT2D eigenvalue weighted by Crippen LogP contribution is 2.38. The Morgan fingerprint density at radius 1 is 1.38 bits per heavy atom. The van der Waals surface area contributed by atoms with Gasteiger partial charge in [-0.1, -0.05) is 13.8 Å². The van der Waals surface area contributed by atoms with Crippen LogP contribution >= 0.6 is 0 Å². The Morgan fingerprint density at radius 3 is 2.55 bits per heavy atom. The standard InChI is InChI=1S/C20H27F2N3O4/c1-12(2)8-19(3,18(27)28)24-16(26)14-6-7-15(25-10-20(21,22)11-25)17(23-14)29-9-13-4-5-13/h6-7,12-13H,4-5,8-11H2,1-3H3,(H,24,26)(H,27,28)/t19-/m1/s1. The van der Waals surface area contributed by atoms with Gasteiger partial charge in [0.2, 0.25) is 5.88 Å². The highest BCUT2D eigenvalue weighted by Gasteiger charge is 2.45. The van der Waals surface area contributed by atoms with Crippen LogP contribution in [-0.4, -0.2) is 53.1 Å². The van der Waals surface area contributed by atoms with Gasteiger partial charge in [0.05, 0.1) is 19.7 Å². The largest absolute Gasteiger partial charge is 0.480 e. The number of nitrogens with one attached hydrogen (secondary N) is 1. The summed E-state index contributed by atoms with van der Waals surface area (Å²) in [6.45, 7) is 4.75. The zero-order valence-electron chi connectivity index (χ0n) is 16.9. The molecule has 1 aliphatic heterocycles. The zero-order valence-corrected chi connectivity index (χ0v) is 16.9. The maximum Gasteiger partial charge on any atom is 0.329 e. The van der Waals surface area contributed by atoms with Crippen molar-refractivity contribution in [2.75, 3.05) is 24.6 Å². The molecule has 1 aromatic heterocycles. The molecule has 0 radical (unpaired) electrons. The van der Waals surface area contributed by atoms with Crippen LogP contribution in [0.3, 0.4) is 0 Å². The number of hydrogen-bond donors (Lipinski definition) is 2. The first-order chi connectivity index (χ1) is 13.5. The molecule has 1 saturated carbocycles. The van der Waals surface area contributed by atoms with Crippen molar-refractivity contribution in [3.8, 4) is 5.88 Å². The van der Waals surface area contributed by atoms with Crippen molar-refractivity contribution in [2.24, 2.45) is 11.8 Å². The van der Waals surface area contributed by atoms with E-state index in [1.807, 2.05) is 13.8 Å². The Bertz CT molecular complexity index is 790. The van der Waals surface area contributed by atoms with E-state index in [0.717, 1.165) is 12.8 Å². The first kappa shape index (κ1) is 21.3. The molecular formula is C20H27F2N3O4. The average molecular weight is 411 g/mol. The van der Waals surface area contributed by atoms with E-state index in [2.05, 4.69) is 10.3 Å². The maximum atomic E-state index is 13.3.